The van der Waals surface area contributed by atoms with Gasteiger partial charge in [0.25, 0.3) is 0 Å². The number of nitriles is 1. The Kier molecular flexibility index (Phi) is 5.86. The Balaban J connectivity index is 1.71. The van der Waals surface area contributed by atoms with Gasteiger partial charge in [-0.25, -0.2) is 4.79 Å². The molecule has 0 bridgehead atoms. The van der Waals surface area contributed by atoms with E-state index in [-0.39, 0.29) is 12.2 Å². The molecule has 0 saturated heterocycles. The molecule has 3 aromatic rings. The molecule has 0 spiro atoms. The van der Waals surface area contributed by atoms with E-state index < -0.39 is 5.97 Å². The van der Waals surface area contributed by atoms with E-state index in [2.05, 4.69) is 24.3 Å². The third-order valence-electron chi connectivity index (χ3n) is 4.08. The first-order valence-electron chi connectivity index (χ1n) is 8.69. The number of carbonyl (C=O) groups excluding carboxylic acids is 1. The highest BCUT2D eigenvalue weighted by molar-refractivity contribution is 5.97. The largest absolute Gasteiger partial charge is 0.489 e. The Hall–Kier alpha value is -3.58. The van der Waals surface area contributed by atoms with Crippen molar-refractivity contribution in [2.75, 3.05) is 6.61 Å². The maximum atomic E-state index is 11.7. The van der Waals surface area contributed by atoms with Crippen molar-refractivity contribution in [1.82, 2.24) is 0 Å². The quantitative estimate of drug-likeness (QED) is 0.358. The molecule has 3 rings (SSSR count). The number of benzene rings is 3. The van der Waals surface area contributed by atoms with Crippen LogP contribution < -0.4 is 4.74 Å². The van der Waals surface area contributed by atoms with Crippen LogP contribution in [0, 0.1) is 11.3 Å². The molecular weight excluding hydrogens is 338 g/mol. The summed E-state index contributed by atoms with van der Waals surface area (Å²) in [5, 5.41) is 11.4. The average Bonchev–Trinajstić information content (AvgIpc) is 2.71. The SMILES string of the molecule is CCOC(=O)C(C#N)=Cc1ccc(OCc2cccc3ccccc23)cc1. The lowest BCUT2D eigenvalue weighted by Gasteiger charge is -2.09. The minimum Gasteiger partial charge on any atom is -0.489 e. The maximum Gasteiger partial charge on any atom is 0.348 e. The monoisotopic (exact) mass is 357 g/mol. The predicted octanol–water partition coefficient (Wildman–Crippen LogP) is 4.89. The first kappa shape index (κ1) is 18.2. The Labute approximate surface area is 158 Å². The van der Waals surface area contributed by atoms with Gasteiger partial charge >= 0.3 is 5.97 Å². The third-order valence-corrected chi connectivity index (χ3v) is 4.08. The molecule has 0 amide bonds. The molecule has 0 saturated carbocycles. The summed E-state index contributed by atoms with van der Waals surface area (Å²) in [6.07, 6.45) is 1.51. The number of carbonyl (C=O) groups is 1. The van der Waals surface area contributed by atoms with E-state index in [4.69, 9.17) is 14.7 Å². The number of rotatable bonds is 6. The fourth-order valence-corrected chi connectivity index (χ4v) is 2.75. The van der Waals surface area contributed by atoms with Gasteiger partial charge in [-0.1, -0.05) is 54.6 Å². The van der Waals surface area contributed by atoms with Gasteiger partial charge in [-0.3, -0.25) is 0 Å². The van der Waals surface area contributed by atoms with Crippen molar-refractivity contribution >= 4 is 22.8 Å². The van der Waals surface area contributed by atoms with Gasteiger partial charge in [0, 0.05) is 0 Å². The van der Waals surface area contributed by atoms with Gasteiger partial charge in [-0.15, -0.1) is 0 Å². The zero-order valence-electron chi connectivity index (χ0n) is 15.0. The van der Waals surface area contributed by atoms with Gasteiger partial charge in [-0.05, 0) is 47.0 Å². The summed E-state index contributed by atoms with van der Waals surface area (Å²) in [5.74, 6) is 0.103. The van der Waals surface area contributed by atoms with Crippen LogP contribution in [0.15, 0.2) is 72.3 Å². The Morgan fingerprint density at radius 3 is 2.52 bits per heavy atom. The van der Waals surface area contributed by atoms with Crippen LogP contribution in [0.3, 0.4) is 0 Å². The predicted molar refractivity (Wildman–Crippen MR) is 105 cm³/mol. The summed E-state index contributed by atoms with van der Waals surface area (Å²) in [5.41, 5.74) is 1.82. The summed E-state index contributed by atoms with van der Waals surface area (Å²) < 4.78 is 10.8. The Bertz CT molecular complexity index is 1010. The van der Waals surface area contributed by atoms with Gasteiger partial charge in [0.1, 0.15) is 24.0 Å². The van der Waals surface area contributed by atoms with Gasteiger partial charge in [0.15, 0.2) is 0 Å². The van der Waals surface area contributed by atoms with Crippen LogP contribution in [0.1, 0.15) is 18.1 Å². The van der Waals surface area contributed by atoms with Crippen LogP contribution >= 0.6 is 0 Å². The van der Waals surface area contributed by atoms with Crippen molar-refractivity contribution in [3.05, 3.63) is 83.4 Å². The second-order valence-electron chi connectivity index (χ2n) is 5.89. The summed E-state index contributed by atoms with van der Waals surface area (Å²) in [6.45, 7) is 2.40. The summed E-state index contributed by atoms with van der Waals surface area (Å²) in [7, 11) is 0. The molecular formula is C23H19NO3. The fraction of sp³-hybridized carbons (Fsp3) is 0.130. The number of nitrogens with zero attached hydrogens (tertiary/aromatic N) is 1. The number of ether oxygens (including phenoxy) is 2. The molecule has 0 atom stereocenters. The first-order chi connectivity index (χ1) is 13.2. The van der Waals surface area contributed by atoms with Gasteiger partial charge in [-0.2, -0.15) is 5.26 Å². The highest BCUT2D eigenvalue weighted by atomic mass is 16.5. The molecule has 27 heavy (non-hydrogen) atoms. The van der Waals surface area contributed by atoms with Crippen LogP contribution in [0.2, 0.25) is 0 Å². The molecule has 0 aliphatic rings. The second-order valence-corrected chi connectivity index (χ2v) is 5.89. The molecule has 0 aliphatic carbocycles. The van der Waals surface area contributed by atoms with Gasteiger partial charge in [0.05, 0.1) is 6.61 Å². The van der Waals surface area contributed by atoms with Gasteiger partial charge in [0.2, 0.25) is 0 Å². The van der Waals surface area contributed by atoms with Crippen molar-refractivity contribution in [2.45, 2.75) is 13.5 Å². The molecule has 0 fully saturated rings. The topological polar surface area (TPSA) is 59.3 Å². The molecule has 0 unspecified atom stereocenters. The highest BCUT2D eigenvalue weighted by Crippen LogP contribution is 2.21. The van der Waals surface area contributed by atoms with Crippen molar-refractivity contribution in [3.63, 3.8) is 0 Å². The van der Waals surface area contributed by atoms with Crippen LogP contribution in [0.25, 0.3) is 16.8 Å². The number of hydrogen-bond acceptors (Lipinski definition) is 4. The molecule has 0 radical (unpaired) electrons. The average molecular weight is 357 g/mol. The number of esters is 1. The number of hydrogen-bond donors (Lipinski definition) is 0. The van der Waals surface area contributed by atoms with E-state index in [1.807, 2.05) is 36.4 Å². The second kappa shape index (κ2) is 8.68. The van der Waals surface area contributed by atoms with E-state index in [1.165, 1.54) is 16.8 Å². The van der Waals surface area contributed by atoms with E-state index in [0.717, 1.165) is 16.9 Å². The van der Waals surface area contributed by atoms with Gasteiger partial charge < -0.3 is 9.47 Å². The first-order valence-corrected chi connectivity index (χ1v) is 8.69. The van der Waals surface area contributed by atoms with Crippen molar-refractivity contribution < 1.29 is 14.3 Å². The van der Waals surface area contributed by atoms with Crippen molar-refractivity contribution in [1.29, 1.82) is 5.26 Å². The molecule has 0 heterocycles. The van der Waals surface area contributed by atoms with Crippen LogP contribution in [0.4, 0.5) is 0 Å². The molecule has 0 aromatic heterocycles. The molecule has 3 aromatic carbocycles. The molecule has 4 heteroatoms. The summed E-state index contributed by atoms with van der Waals surface area (Å²) in [4.78, 5) is 11.7. The standard InChI is InChI=1S/C23H19NO3/c1-2-26-23(25)20(15-24)14-17-10-12-21(13-11-17)27-16-19-8-5-7-18-6-3-4-9-22(18)19/h3-14H,2,16H2,1H3. The molecule has 4 nitrogen and oxygen atoms in total. The minimum atomic E-state index is -0.615. The fourth-order valence-electron chi connectivity index (χ4n) is 2.75. The normalized spacial score (nSPS) is 11.0. The maximum absolute atomic E-state index is 11.7. The van der Waals surface area contributed by atoms with Crippen LogP contribution in [0.5, 0.6) is 5.75 Å². The van der Waals surface area contributed by atoms with E-state index in [9.17, 15) is 4.79 Å². The summed E-state index contributed by atoms with van der Waals surface area (Å²) >= 11 is 0. The number of fused-ring (bicyclic) bond motifs is 1. The lowest BCUT2D eigenvalue weighted by Crippen LogP contribution is -2.05. The highest BCUT2D eigenvalue weighted by Gasteiger charge is 2.09. The van der Waals surface area contributed by atoms with E-state index in [1.54, 1.807) is 19.1 Å². The lowest BCUT2D eigenvalue weighted by atomic mass is 10.1. The van der Waals surface area contributed by atoms with Crippen molar-refractivity contribution in [3.8, 4) is 11.8 Å². The smallest absolute Gasteiger partial charge is 0.348 e. The summed E-state index contributed by atoms with van der Waals surface area (Å²) in [6, 6.07) is 23.5. The van der Waals surface area contributed by atoms with E-state index >= 15 is 0 Å². The van der Waals surface area contributed by atoms with Crippen LogP contribution in [-0.4, -0.2) is 12.6 Å². The lowest BCUT2D eigenvalue weighted by molar-refractivity contribution is -0.137. The van der Waals surface area contributed by atoms with E-state index in [0.29, 0.717) is 6.61 Å². The van der Waals surface area contributed by atoms with Crippen molar-refractivity contribution in [2.24, 2.45) is 0 Å². The Morgan fingerprint density at radius 2 is 1.78 bits per heavy atom. The minimum absolute atomic E-state index is 0.0266. The molecule has 0 aliphatic heterocycles. The van der Waals surface area contributed by atoms with Crippen LogP contribution in [-0.2, 0) is 16.1 Å². The zero-order valence-corrected chi connectivity index (χ0v) is 15.0. The third kappa shape index (κ3) is 4.53. The zero-order chi connectivity index (χ0) is 19.1. The molecule has 134 valence electrons. The Morgan fingerprint density at radius 1 is 1.04 bits per heavy atom. The molecule has 0 N–H and O–H groups in total.